The maximum atomic E-state index is 12.1. The molecule has 1 aliphatic heterocycles. The Morgan fingerprint density at radius 1 is 1.37 bits per heavy atom. The van der Waals surface area contributed by atoms with Crippen LogP contribution in [0.25, 0.3) is 0 Å². The van der Waals surface area contributed by atoms with Crippen molar-refractivity contribution in [3.8, 4) is 0 Å². The zero-order valence-corrected chi connectivity index (χ0v) is 12.3. The minimum Gasteiger partial charge on any atom is -0.354 e. The molecule has 0 radical (unpaired) electrons. The van der Waals surface area contributed by atoms with Gasteiger partial charge < -0.3 is 10.2 Å². The van der Waals surface area contributed by atoms with Crippen LogP contribution in [0.2, 0.25) is 0 Å². The van der Waals surface area contributed by atoms with Gasteiger partial charge in [0.15, 0.2) is 0 Å². The van der Waals surface area contributed by atoms with Crippen LogP contribution in [0, 0.1) is 0 Å². The third kappa shape index (κ3) is 4.35. The van der Waals surface area contributed by atoms with Gasteiger partial charge in [-0.1, -0.05) is 28.1 Å². The van der Waals surface area contributed by atoms with E-state index in [2.05, 4.69) is 21.2 Å². The topological polar surface area (TPSA) is 49.4 Å². The van der Waals surface area contributed by atoms with E-state index in [1.165, 1.54) is 0 Å². The molecule has 102 valence electrons. The molecule has 5 heteroatoms. The number of halogens is 1. The van der Waals surface area contributed by atoms with E-state index in [1.54, 1.807) is 4.90 Å². The minimum absolute atomic E-state index is 0.0299. The van der Waals surface area contributed by atoms with Gasteiger partial charge in [0.25, 0.3) is 0 Å². The van der Waals surface area contributed by atoms with Crippen molar-refractivity contribution in [2.45, 2.75) is 19.3 Å². The van der Waals surface area contributed by atoms with Crippen LogP contribution >= 0.6 is 15.9 Å². The summed E-state index contributed by atoms with van der Waals surface area (Å²) < 4.78 is 1.03. The molecule has 0 atom stereocenters. The predicted octanol–water partition coefficient (Wildman–Crippen LogP) is 1.73. The van der Waals surface area contributed by atoms with E-state index in [9.17, 15) is 9.59 Å². The molecule has 1 saturated heterocycles. The second-order valence-corrected chi connectivity index (χ2v) is 5.53. The van der Waals surface area contributed by atoms with Crippen molar-refractivity contribution in [2.24, 2.45) is 0 Å². The highest BCUT2D eigenvalue weighted by Crippen LogP contribution is 2.13. The van der Waals surface area contributed by atoms with Gasteiger partial charge in [-0.2, -0.15) is 0 Å². The van der Waals surface area contributed by atoms with Crippen molar-refractivity contribution >= 4 is 27.7 Å². The Morgan fingerprint density at radius 3 is 3.00 bits per heavy atom. The minimum atomic E-state index is 0.0299. The van der Waals surface area contributed by atoms with Gasteiger partial charge in [0.1, 0.15) is 0 Å². The quantitative estimate of drug-likeness (QED) is 0.920. The van der Waals surface area contributed by atoms with E-state index in [1.807, 2.05) is 24.3 Å². The van der Waals surface area contributed by atoms with Crippen molar-refractivity contribution in [1.29, 1.82) is 0 Å². The number of aryl methyl sites for hydroxylation is 1. The fourth-order valence-electron chi connectivity index (χ4n) is 2.12. The monoisotopic (exact) mass is 324 g/mol. The molecule has 1 aromatic carbocycles. The number of nitrogens with one attached hydrogen (secondary N) is 1. The fraction of sp³-hybridized carbons (Fsp3) is 0.429. The SMILES string of the molecule is O=C1CCN(C(=O)CCc2cccc(Br)c2)CCN1. The van der Waals surface area contributed by atoms with Gasteiger partial charge in [0.05, 0.1) is 0 Å². The van der Waals surface area contributed by atoms with Crippen LogP contribution in [0.4, 0.5) is 0 Å². The molecule has 4 nitrogen and oxygen atoms in total. The zero-order chi connectivity index (χ0) is 13.7. The lowest BCUT2D eigenvalue weighted by molar-refractivity contribution is -0.131. The summed E-state index contributed by atoms with van der Waals surface area (Å²) in [5, 5.41) is 2.77. The maximum Gasteiger partial charge on any atom is 0.222 e. The highest BCUT2D eigenvalue weighted by atomic mass is 79.9. The zero-order valence-electron chi connectivity index (χ0n) is 10.7. The van der Waals surface area contributed by atoms with Crippen molar-refractivity contribution in [3.05, 3.63) is 34.3 Å². The van der Waals surface area contributed by atoms with Crippen molar-refractivity contribution in [1.82, 2.24) is 10.2 Å². The third-order valence-corrected chi connectivity index (χ3v) is 3.68. The number of hydrogen-bond donors (Lipinski definition) is 1. The third-order valence-electron chi connectivity index (χ3n) is 3.18. The molecule has 2 rings (SSSR count). The van der Waals surface area contributed by atoms with Crippen LogP contribution in [-0.4, -0.2) is 36.3 Å². The normalized spacial score (nSPS) is 15.8. The summed E-state index contributed by atoms with van der Waals surface area (Å²) in [5.74, 6) is 0.152. The Labute approximate surface area is 121 Å². The molecule has 19 heavy (non-hydrogen) atoms. The Kier molecular flexibility index (Phi) is 4.96. The maximum absolute atomic E-state index is 12.1. The predicted molar refractivity (Wildman–Crippen MR) is 76.7 cm³/mol. The molecule has 2 amide bonds. The van der Waals surface area contributed by atoms with Crippen LogP contribution in [-0.2, 0) is 16.0 Å². The Hall–Kier alpha value is -1.36. The van der Waals surface area contributed by atoms with Gasteiger partial charge in [0, 0.05) is 36.9 Å². The molecule has 1 heterocycles. The highest BCUT2D eigenvalue weighted by molar-refractivity contribution is 9.10. The van der Waals surface area contributed by atoms with Gasteiger partial charge in [-0.05, 0) is 24.1 Å². The molecule has 1 aliphatic rings. The lowest BCUT2D eigenvalue weighted by Gasteiger charge is -2.19. The summed E-state index contributed by atoms with van der Waals surface area (Å²) in [4.78, 5) is 25.1. The summed E-state index contributed by atoms with van der Waals surface area (Å²) in [6.45, 7) is 1.70. The number of carbonyl (C=O) groups is 2. The molecule has 0 aliphatic carbocycles. The van der Waals surface area contributed by atoms with Gasteiger partial charge in [-0.25, -0.2) is 0 Å². The standard InChI is InChI=1S/C14H17BrN2O2/c15-12-3-1-2-11(10-12)4-5-14(19)17-8-6-13(18)16-7-9-17/h1-3,10H,4-9H2,(H,16,18). The average molecular weight is 325 g/mol. The molecule has 0 bridgehead atoms. The van der Waals surface area contributed by atoms with E-state index in [-0.39, 0.29) is 11.8 Å². The summed E-state index contributed by atoms with van der Waals surface area (Å²) >= 11 is 3.42. The van der Waals surface area contributed by atoms with Gasteiger partial charge in [-0.15, -0.1) is 0 Å². The summed E-state index contributed by atoms with van der Waals surface area (Å²) in [6, 6.07) is 7.99. The van der Waals surface area contributed by atoms with Crippen LogP contribution in [0.5, 0.6) is 0 Å². The molecule has 1 aromatic rings. The molecule has 0 aromatic heterocycles. The van der Waals surface area contributed by atoms with Crippen LogP contribution in [0.3, 0.4) is 0 Å². The van der Waals surface area contributed by atoms with Gasteiger partial charge >= 0.3 is 0 Å². The summed E-state index contributed by atoms with van der Waals surface area (Å²) in [7, 11) is 0. The Morgan fingerprint density at radius 2 is 2.21 bits per heavy atom. The average Bonchev–Trinajstić information content (AvgIpc) is 2.61. The number of nitrogens with zero attached hydrogens (tertiary/aromatic N) is 1. The number of carbonyl (C=O) groups excluding carboxylic acids is 2. The lowest BCUT2D eigenvalue weighted by Crippen LogP contribution is -2.34. The Bertz CT molecular complexity index is 476. The van der Waals surface area contributed by atoms with Crippen molar-refractivity contribution in [2.75, 3.05) is 19.6 Å². The van der Waals surface area contributed by atoms with E-state index < -0.39 is 0 Å². The van der Waals surface area contributed by atoms with E-state index in [0.717, 1.165) is 16.5 Å². The molecule has 1 N–H and O–H groups in total. The van der Waals surface area contributed by atoms with Gasteiger partial charge in [-0.3, -0.25) is 9.59 Å². The molecular formula is C14H17BrN2O2. The largest absolute Gasteiger partial charge is 0.354 e. The first-order valence-corrected chi connectivity index (χ1v) is 7.23. The summed E-state index contributed by atoms with van der Waals surface area (Å²) in [5.41, 5.74) is 1.15. The second-order valence-electron chi connectivity index (χ2n) is 4.61. The highest BCUT2D eigenvalue weighted by Gasteiger charge is 2.17. The molecule has 0 spiro atoms. The number of rotatable bonds is 3. The molecule has 0 unspecified atom stereocenters. The first-order valence-electron chi connectivity index (χ1n) is 6.44. The first kappa shape index (κ1) is 14.1. The number of amides is 2. The fourth-order valence-corrected chi connectivity index (χ4v) is 2.56. The summed E-state index contributed by atoms with van der Waals surface area (Å²) in [6.07, 6.45) is 1.63. The van der Waals surface area contributed by atoms with E-state index in [0.29, 0.717) is 32.5 Å². The molecular weight excluding hydrogens is 308 g/mol. The van der Waals surface area contributed by atoms with Crippen molar-refractivity contribution < 1.29 is 9.59 Å². The Balaban J connectivity index is 1.85. The van der Waals surface area contributed by atoms with Crippen molar-refractivity contribution in [3.63, 3.8) is 0 Å². The second kappa shape index (κ2) is 6.70. The molecule has 0 saturated carbocycles. The number of hydrogen-bond acceptors (Lipinski definition) is 2. The lowest BCUT2D eigenvalue weighted by atomic mass is 10.1. The van der Waals surface area contributed by atoms with Gasteiger partial charge in [0.2, 0.25) is 11.8 Å². The van der Waals surface area contributed by atoms with Crippen LogP contribution in [0.1, 0.15) is 18.4 Å². The van der Waals surface area contributed by atoms with E-state index >= 15 is 0 Å². The van der Waals surface area contributed by atoms with Crippen LogP contribution in [0.15, 0.2) is 28.7 Å². The first-order chi connectivity index (χ1) is 9.15. The number of benzene rings is 1. The molecule has 1 fully saturated rings. The van der Waals surface area contributed by atoms with E-state index in [4.69, 9.17) is 0 Å². The van der Waals surface area contributed by atoms with Crippen LogP contribution < -0.4 is 5.32 Å². The smallest absolute Gasteiger partial charge is 0.222 e.